The van der Waals surface area contributed by atoms with E-state index in [1.54, 1.807) is 24.3 Å². The molecule has 3 aromatic rings. The summed E-state index contributed by atoms with van der Waals surface area (Å²) in [6.07, 6.45) is 0. The minimum atomic E-state index is -1.10. The maximum atomic E-state index is 13.6. The zero-order chi connectivity index (χ0) is 16.3. The Hall–Kier alpha value is -3.02. The van der Waals surface area contributed by atoms with Crippen LogP contribution in [-0.4, -0.2) is 23.4 Å². The number of halogens is 2. The lowest BCUT2D eigenvalue weighted by atomic mass is 10.0. The number of rotatable bonds is 1. The number of methoxy groups -OCH3 is 1. The van der Waals surface area contributed by atoms with Crippen molar-refractivity contribution in [3.8, 4) is 5.69 Å². The zero-order valence-electron chi connectivity index (χ0n) is 11.9. The maximum absolute atomic E-state index is 13.6. The van der Waals surface area contributed by atoms with E-state index in [0.717, 1.165) is 12.1 Å². The van der Waals surface area contributed by atoms with E-state index in [4.69, 9.17) is 4.74 Å². The van der Waals surface area contributed by atoms with Gasteiger partial charge in [-0.15, -0.1) is 0 Å². The molecule has 1 aromatic heterocycles. The van der Waals surface area contributed by atoms with Gasteiger partial charge in [-0.3, -0.25) is 4.79 Å². The van der Waals surface area contributed by atoms with Crippen LogP contribution in [0.25, 0.3) is 16.6 Å². The summed E-state index contributed by atoms with van der Waals surface area (Å²) in [4.78, 5) is 24.8. The van der Waals surface area contributed by atoms with Gasteiger partial charge >= 0.3 is 5.97 Å². The quantitative estimate of drug-likeness (QED) is 0.507. The third-order valence-corrected chi connectivity index (χ3v) is 4.00. The van der Waals surface area contributed by atoms with E-state index in [0.29, 0.717) is 10.9 Å². The molecule has 0 saturated heterocycles. The number of hydrogen-bond acceptors (Lipinski definition) is 3. The number of nitrogens with zero attached hydrogens (tertiary/aromatic N) is 1. The summed E-state index contributed by atoms with van der Waals surface area (Å²) in [6, 6.07) is 8.66. The second-order valence-electron chi connectivity index (χ2n) is 5.18. The van der Waals surface area contributed by atoms with Crippen LogP contribution < -0.4 is 0 Å². The predicted octanol–water partition coefficient (Wildman–Crippen LogP) is 3.24. The molecular formula is C17H9F2NO3. The fourth-order valence-electron chi connectivity index (χ4n) is 3.04. The molecule has 0 atom stereocenters. The average molecular weight is 313 g/mol. The maximum Gasteiger partial charge on any atom is 0.340 e. The highest BCUT2D eigenvalue weighted by Crippen LogP contribution is 2.38. The number of ether oxygens (including phenoxy) is 1. The lowest BCUT2D eigenvalue weighted by Gasteiger charge is -2.04. The monoisotopic (exact) mass is 313 g/mol. The molecule has 2 heterocycles. The van der Waals surface area contributed by atoms with Crippen LogP contribution in [0, 0.1) is 11.6 Å². The summed E-state index contributed by atoms with van der Waals surface area (Å²) in [5.74, 6) is -3.36. The van der Waals surface area contributed by atoms with E-state index in [1.165, 1.54) is 11.7 Å². The largest absolute Gasteiger partial charge is 0.465 e. The van der Waals surface area contributed by atoms with Gasteiger partial charge in [-0.25, -0.2) is 13.6 Å². The van der Waals surface area contributed by atoms with Crippen molar-refractivity contribution in [2.75, 3.05) is 7.11 Å². The highest BCUT2D eigenvalue weighted by atomic mass is 19.2. The Kier molecular flexibility index (Phi) is 2.66. The van der Waals surface area contributed by atoms with Crippen molar-refractivity contribution >= 4 is 22.7 Å². The first-order chi connectivity index (χ1) is 11.0. The molecule has 6 heteroatoms. The summed E-state index contributed by atoms with van der Waals surface area (Å²) in [7, 11) is 1.22. The molecule has 0 radical (unpaired) electrons. The van der Waals surface area contributed by atoms with Crippen molar-refractivity contribution in [1.82, 2.24) is 4.57 Å². The van der Waals surface area contributed by atoms with Crippen molar-refractivity contribution in [2.45, 2.75) is 0 Å². The highest BCUT2D eigenvalue weighted by molar-refractivity contribution is 6.24. The minimum Gasteiger partial charge on any atom is -0.465 e. The van der Waals surface area contributed by atoms with Crippen LogP contribution in [-0.2, 0) is 4.74 Å². The van der Waals surface area contributed by atoms with Crippen molar-refractivity contribution in [1.29, 1.82) is 0 Å². The van der Waals surface area contributed by atoms with Crippen molar-refractivity contribution in [3.05, 3.63) is 64.9 Å². The van der Waals surface area contributed by atoms with Gasteiger partial charge in [0.2, 0.25) is 5.78 Å². The highest BCUT2D eigenvalue weighted by Gasteiger charge is 2.36. The summed E-state index contributed by atoms with van der Waals surface area (Å²) >= 11 is 0. The van der Waals surface area contributed by atoms with Crippen molar-refractivity contribution < 1.29 is 23.1 Å². The lowest BCUT2D eigenvalue weighted by molar-refractivity contribution is 0.0600. The fourth-order valence-corrected chi connectivity index (χ4v) is 3.04. The van der Waals surface area contributed by atoms with Crippen LogP contribution >= 0.6 is 0 Å². The first-order valence-corrected chi connectivity index (χ1v) is 6.80. The average Bonchev–Trinajstić information content (AvgIpc) is 3.02. The van der Waals surface area contributed by atoms with Crippen LogP contribution in [0.4, 0.5) is 8.78 Å². The van der Waals surface area contributed by atoms with Gasteiger partial charge in [0, 0.05) is 11.5 Å². The molecule has 1 aliphatic heterocycles. The van der Waals surface area contributed by atoms with Gasteiger partial charge in [0.05, 0.1) is 29.4 Å². The molecule has 23 heavy (non-hydrogen) atoms. The van der Waals surface area contributed by atoms with E-state index in [2.05, 4.69) is 0 Å². The Morgan fingerprint density at radius 2 is 1.83 bits per heavy atom. The first-order valence-electron chi connectivity index (χ1n) is 6.80. The molecule has 1 aliphatic rings. The van der Waals surface area contributed by atoms with E-state index < -0.39 is 23.4 Å². The van der Waals surface area contributed by atoms with Gasteiger partial charge in [0.25, 0.3) is 0 Å². The molecule has 0 amide bonds. The second kappa shape index (κ2) is 4.49. The summed E-state index contributed by atoms with van der Waals surface area (Å²) in [6.45, 7) is 0. The molecule has 0 unspecified atom stereocenters. The van der Waals surface area contributed by atoms with Crippen LogP contribution in [0.3, 0.4) is 0 Å². The lowest BCUT2D eigenvalue weighted by Crippen LogP contribution is -2.08. The number of fused-ring (bicyclic) bond motifs is 5. The predicted molar refractivity (Wildman–Crippen MR) is 78.0 cm³/mol. The summed E-state index contributed by atoms with van der Waals surface area (Å²) in [5, 5.41) is 0.526. The number of carbonyl (C=O) groups excluding carboxylic acids is 2. The van der Waals surface area contributed by atoms with Gasteiger partial charge in [0.15, 0.2) is 11.6 Å². The SMILES string of the molecule is COC(=O)c1c2n(c3ccccc13)-c1cc(F)c(F)cc1C2=O. The molecule has 0 aliphatic carbocycles. The topological polar surface area (TPSA) is 48.3 Å². The molecular weight excluding hydrogens is 304 g/mol. The molecule has 0 bridgehead atoms. The number of hydrogen-bond donors (Lipinski definition) is 0. The van der Waals surface area contributed by atoms with Gasteiger partial charge in [-0.1, -0.05) is 18.2 Å². The fraction of sp³-hybridized carbons (Fsp3) is 0.0588. The zero-order valence-corrected chi connectivity index (χ0v) is 11.9. The Bertz CT molecular complexity index is 1020. The third-order valence-electron chi connectivity index (χ3n) is 4.00. The molecule has 0 spiro atoms. The second-order valence-corrected chi connectivity index (χ2v) is 5.18. The standard InChI is InChI=1S/C17H9F2NO3/c1-23-17(22)14-8-4-2-3-5-12(8)20-13-7-11(19)10(18)6-9(13)16(21)15(14)20/h2-7H,1H3. The number of ketones is 1. The molecule has 114 valence electrons. The first kappa shape index (κ1) is 13.6. The van der Waals surface area contributed by atoms with Crippen LogP contribution in [0.5, 0.6) is 0 Å². The number of benzene rings is 2. The number of esters is 1. The van der Waals surface area contributed by atoms with E-state index in [1.807, 2.05) is 0 Å². The van der Waals surface area contributed by atoms with Gasteiger partial charge in [-0.05, 0) is 12.1 Å². The molecule has 2 aromatic carbocycles. The van der Waals surface area contributed by atoms with E-state index in [-0.39, 0.29) is 22.5 Å². The van der Waals surface area contributed by atoms with Crippen molar-refractivity contribution in [2.24, 2.45) is 0 Å². The summed E-state index contributed by atoms with van der Waals surface area (Å²) in [5.41, 5.74) is 0.967. The van der Waals surface area contributed by atoms with Crippen molar-refractivity contribution in [3.63, 3.8) is 0 Å². The van der Waals surface area contributed by atoms with Gasteiger partial charge < -0.3 is 9.30 Å². The minimum absolute atomic E-state index is 0.0230. The molecule has 0 saturated carbocycles. The van der Waals surface area contributed by atoms with Crippen LogP contribution in [0.15, 0.2) is 36.4 Å². The Morgan fingerprint density at radius 1 is 1.13 bits per heavy atom. The van der Waals surface area contributed by atoms with Gasteiger partial charge in [-0.2, -0.15) is 0 Å². The Morgan fingerprint density at radius 3 is 2.57 bits per heavy atom. The smallest absolute Gasteiger partial charge is 0.340 e. The molecule has 4 nitrogen and oxygen atoms in total. The van der Waals surface area contributed by atoms with Crippen LogP contribution in [0.2, 0.25) is 0 Å². The van der Waals surface area contributed by atoms with Gasteiger partial charge in [0.1, 0.15) is 5.69 Å². The van der Waals surface area contributed by atoms with Crippen LogP contribution in [0.1, 0.15) is 26.4 Å². The Balaban J connectivity index is 2.18. The molecule has 0 N–H and O–H groups in total. The number of carbonyl (C=O) groups is 2. The number of para-hydroxylation sites is 1. The normalized spacial score (nSPS) is 12.4. The Labute approximate surface area is 128 Å². The summed E-state index contributed by atoms with van der Waals surface area (Å²) < 4.78 is 33.4. The third kappa shape index (κ3) is 1.63. The van der Waals surface area contributed by atoms with E-state index >= 15 is 0 Å². The van der Waals surface area contributed by atoms with E-state index in [9.17, 15) is 18.4 Å². The number of aromatic nitrogens is 1. The molecule has 0 fully saturated rings. The molecule has 4 rings (SSSR count).